The van der Waals surface area contributed by atoms with Crippen molar-refractivity contribution in [1.82, 2.24) is 14.5 Å². The maximum absolute atomic E-state index is 12.2. The third kappa shape index (κ3) is 4.07. The number of nitrogens with zero attached hydrogens (tertiary/aromatic N) is 2. The Bertz CT molecular complexity index is 430. The molecule has 0 aromatic carbocycles. The second kappa shape index (κ2) is 7.59. The Morgan fingerprint density at radius 3 is 2.65 bits per heavy atom. The maximum Gasteiger partial charge on any atom is 0.224 e. The lowest BCUT2D eigenvalue weighted by molar-refractivity contribution is -0.132. The predicted molar refractivity (Wildman–Crippen MR) is 80.5 cm³/mol. The molecule has 1 amide bonds. The van der Waals surface area contributed by atoms with Gasteiger partial charge in [-0.2, -0.15) is 0 Å². The first-order chi connectivity index (χ1) is 9.04. The Balaban J connectivity index is 0.00000200. The van der Waals surface area contributed by atoms with E-state index in [1.54, 1.807) is 0 Å². The summed E-state index contributed by atoms with van der Waals surface area (Å²) in [6, 6.07) is 0.271. The maximum atomic E-state index is 12.2. The summed E-state index contributed by atoms with van der Waals surface area (Å²) in [7, 11) is -1.19. The Labute approximate surface area is 127 Å². The van der Waals surface area contributed by atoms with E-state index in [9.17, 15) is 13.2 Å². The van der Waals surface area contributed by atoms with Crippen LogP contribution in [0.15, 0.2) is 0 Å². The van der Waals surface area contributed by atoms with E-state index in [0.717, 1.165) is 25.9 Å². The number of likely N-dealkylation sites (tertiary alicyclic amines) is 1. The zero-order chi connectivity index (χ0) is 13.9. The van der Waals surface area contributed by atoms with Gasteiger partial charge in [0.05, 0.1) is 5.75 Å². The molecule has 6 nitrogen and oxygen atoms in total. The SMILES string of the molecule is CNCC1CCCN1C(=O)CCN1CCCS1(=O)=O.Cl. The second-order valence-electron chi connectivity index (χ2n) is 5.26. The molecule has 1 atom stereocenters. The van der Waals surface area contributed by atoms with Crippen molar-refractivity contribution < 1.29 is 13.2 Å². The highest BCUT2D eigenvalue weighted by Crippen LogP contribution is 2.19. The number of halogens is 1. The van der Waals surface area contributed by atoms with Gasteiger partial charge in [-0.3, -0.25) is 4.79 Å². The van der Waals surface area contributed by atoms with Gasteiger partial charge in [-0.25, -0.2) is 12.7 Å². The van der Waals surface area contributed by atoms with Crippen molar-refractivity contribution in [3.05, 3.63) is 0 Å². The fraction of sp³-hybridized carbons (Fsp3) is 0.917. The number of sulfonamides is 1. The van der Waals surface area contributed by atoms with Gasteiger partial charge in [0.2, 0.25) is 15.9 Å². The molecule has 1 N–H and O–H groups in total. The van der Waals surface area contributed by atoms with Crippen LogP contribution in [-0.2, 0) is 14.8 Å². The molecule has 8 heteroatoms. The van der Waals surface area contributed by atoms with Crippen LogP contribution in [0.4, 0.5) is 0 Å². The first-order valence-corrected chi connectivity index (χ1v) is 8.57. The summed E-state index contributed by atoms with van der Waals surface area (Å²) in [5.41, 5.74) is 0. The standard InChI is InChI=1S/C12H23N3O3S.ClH/c1-13-10-11-4-2-7-15(11)12(16)5-8-14-6-3-9-19(14,17)18;/h11,13H,2-10H2,1H3;1H. The van der Waals surface area contributed by atoms with Gasteiger partial charge in [0, 0.05) is 38.6 Å². The lowest BCUT2D eigenvalue weighted by Crippen LogP contribution is -2.42. The van der Waals surface area contributed by atoms with Gasteiger partial charge in [-0.05, 0) is 26.3 Å². The van der Waals surface area contributed by atoms with Crippen LogP contribution < -0.4 is 5.32 Å². The van der Waals surface area contributed by atoms with Gasteiger partial charge in [-0.1, -0.05) is 0 Å². The van der Waals surface area contributed by atoms with Gasteiger partial charge in [0.1, 0.15) is 0 Å². The summed E-state index contributed by atoms with van der Waals surface area (Å²) in [4.78, 5) is 14.1. The number of nitrogens with one attached hydrogen (secondary N) is 1. The zero-order valence-electron chi connectivity index (χ0n) is 11.9. The molecule has 0 spiro atoms. The zero-order valence-corrected chi connectivity index (χ0v) is 13.5. The molecule has 2 fully saturated rings. The third-order valence-corrected chi connectivity index (χ3v) is 5.87. The van der Waals surface area contributed by atoms with Crippen LogP contribution in [0.5, 0.6) is 0 Å². The second-order valence-corrected chi connectivity index (χ2v) is 7.35. The Morgan fingerprint density at radius 2 is 2.05 bits per heavy atom. The van der Waals surface area contributed by atoms with Crippen LogP contribution in [0.2, 0.25) is 0 Å². The van der Waals surface area contributed by atoms with E-state index in [1.807, 2.05) is 11.9 Å². The molecule has 20 heavy (non-hydrogen) atoms. The van der Waals surface area contributed by atoms with Crippen LogP contribution in [0.3, 0.4) is 0 Å². The summed E-state index contributed by atoms with van der Waals surface area (Å²) in [5.74, 6) is 0.313. The minimum Gasteiger partial charge on any atom is -0.338 e. The molecule has 2 aliphatic rings. The van der Waals surface area contributed by atoms with Crippen molar-refractivity contribution in [3.63, 3.8) is 0 Å². The molecule has 2 heterocycles. The van der Waals surface area contributed by atoms with Crippen molar-refractivity contribution >= 4 is 28.3 Å². The molecule has 0 aliphatic carbocycles. The van der Waals surface area contributed by atoms with Crippen molar-refractivity contribution in [2.75, 3.05) is 39.0 Å². The van der Waals surface area contributed by atoms with E-state index < -0.39 is 10.0 Å². The topological polar surface area (TPSA) is 69.7 Å². The van der Waals surface area contributed by atoms with E-state index in [-0.39, 0.29) is 30.1 Å². The Hall–Kier alpha value is -0.370. The normalized spacial score (nSPS) is 25.6. The van der Waals surface area contributed by atoms with Crippen molar-refractivity contribution in [1.29, 1.82) is 0 Å². The van der Waals surface area contributed by atoms with Gasteiger partial charge < -0.3 is 10.2 Å². The predicted octanol–water partition coefficient (Wildman–Crippen LogP) is 0.0442. The molecule has 0 aromatic heterocycles. The number of rotatable bonds is 5. The Kier molecular flexibility index (Phi) is 6.71. The summed E-state index contributed by atoms with van der Waals surface area (Å²) in [6.07, 6.45) is 3.07. The largest absolute Gasteiger partial charge is 0.338 e. The molecule has 0 radical (unpaired) electrons. The molecular formula is C12H24ClN3O3S. The Morgan fingerprint density at radius 1 is 1.30 bits per heavy atom. The smallest absolute Gasteiger partial charge is 0.224 e. The average Bonchev–Trinajstić information content (AvgIpc) is 2.93. The lowest BCUT2D eigenvalue weighted by Gasteiger charge is -2.25. The quantitative estimate of drug-likeness (QED) is 0.775. The molecule has 118 valence electrons. The number of carbonyl (C=O) groups is 1. The summed E-state index contributed by atoms with van der Waals surface area (Å²) < 4.78 is 24.8. The molecule has 2 rings (SSSR count). The number of amides is 1. The van der Waals surface area contributed by atoms with Gasteiger partial charge in [0.15, 0.2) is 0 Å². The lowest BCUT2D eigenvalue weighted by atomic mass is 10.2. The van der Waals surface area contributed by atoms with Crippen LogP contribution in [0.1, 0.15) is 25.7 Å². The van der Waals surface area contributed by atoms with Crippen LogP contribution >= 0.6 is 12.4 Å². The highest BCUT2D eigenvalue weighted by Gasteiger charge is 2.31. The molecule has 0 aromatic rings. The minimum absolute atomic E-state index is 0. The summed E-state index contributed by atoms with van der Waals surface area (Å²) in [5, 5.41) is 3.10. The fourth-order valence-electron chi connectivity index (χ4n) is 2.92. The van der Waals surface area contributed by atoms with E-state index >= 15 is 0 Å². The van der Waals surface area contributed by atoms with Crippen molar-refractivity contribution in [2.45, 2.75) is 31.7 Å². The highest BCUT2D eigenvalue weighted by atomic mass is 35.5. The number of hydrogen-bond donors (Lipinski definition) is 1. The van der Waals surface area contributed by atoms with E-state index in [2.05, 4.69) is 5.32 Å². The third-order valence-electron chi connectivity index (χ3n) is 3.92. The highest BCUT2D eigenvalue weighted by molar-refractivity contribution is 7.89. The number of carbonyl (C=O) groups excluding carboxylic acids is 1. The van der Waals surface area contributed by atoms with E-state index in [4.69, 9.17) is 0 Å². The number of likely N-dealkylation sites (N-methyl/N-ethyl adjacent to an activating group) is 1. The molecule has 0 saturated carbocycles. The molecular weight excluding hydrogens is 302 g/mol. The van der Waals surface area contributed by atoms with Crippen molar-refractivity contribution in [3.8, 4) is 0 Å². The number of hydrogen-bond acceptors (Lipinski definition) is 4. The summed E-state index contributed by atoms with van der Waals surface area (Å²) in [6.45, 7) is 2.52. The first kappa shape index (κ1) is 17.7. The van der Waals surface area contributed by atoms with E-state index in [1.165, 1.54) is 4.31 Å². The molecule has 2 saturated heterocycles. The molecule has 1 unspecified atom stereocenters. The van der Waals surface area contributed by atoms with Crippen molar-refractivity contribution in [2.24, 2.45) is 0 Å². The van der Waals surface area contributed by atoms with Gasteiger partial charge in [0.25, 0.3) is 0 Å². The monoisotopic (exact) mass is 325 g/mol. The summed E-state index contributed by atoms with van der Waals surface area (Å²) >= 11 is 0. The molecule has 2 aliphatic heterocycles. The van der Waals surface area contributed by atoms with Crippen LogP contribution in [-0.4, -0.2) is 68.6 Å². The fourth-order valence-corrected chi connectivity index (χ4v) is 4.45. The van der Waals surface area contributed by atoms with Crippen LogP contribution in [0.25, 0.3) is 0 Å². The average molecular weight is 326 g/mol. The van der Waals surface area contributed by atoms with Gasteiger partial charge >= 0.3 is 0 Å². The van der Waals surface area contributed by atoms with E-state index in [0.29, 0.717) is 25.9 Å². The van der Waals surface area contributed by atoms with Crippen LogP contribution in [0, 0.1) is 0 Å². The minimum atomic E-state index is -3.08. The first-order valence-electron chi connectivity index (χ1n) is 6.96. The molecule has 0 bridgehead atoms. The van der Waals surface area contributed by atoms with Gasteiger partial charge in [-0.15, -0.1) is 12.4 Å².